The molecule has 7 nitrogen and oxygen atoms in total. The summed E-state index contributed by atoms with van der Waals surface area (Å²) in [5, 5.41) is 9.81. The molecule has 0 bridgehead atoms. The molecular weight excluding hydrogens is 266 g/mol. The number of rotatable bonds is 4. The molecule has 2 aromatic heterocycles. The van der Waals surface area contributed by atoms with Gasteiger partial charge in [0.1, 0.15) is 12.1 Å². The lowest BCUT2D eigenvalue weighted by molar-refractivity contribution is 0.249. The molecule has 2 N–H and O–H groups in total. The SMILES string of the molecule is Cc1noc(C)c1C[C@H](C)NC(=O)Nc1ncns1. The highest BCUT2D eigenvalue weighted by atomic mass is 32.1. The number of aryl methyl sites for hydroxylation is 2. The van der Waals surface area contributed by atoms with Crippen LogP contribution in [-0.4, -0.2) is 26.6 Å². The van der Waals surface area contributed by atoms with Crippen LogP contribution in [0.5, 0.6) is 0 Å². The molecule has 0 aromatic carbocycles. The summed E-state index contributed by atoms with van der Waals surface area (Å²) in [6.45, 7) is 5.68. The highest BCUT2D eigenvalue weighted by Crippen LogP contribution is 2.14. The molecule has 0 fully saturated rings. The van der Waals surface area contributed by atoms with E-state index in [9.17, 15) is 4.79 Å². The van der Waals surface area contributed by atoms with Crippen LogP contribution < -0.4 is 10.6 Å². The molecule has 0 aliphatic heterocycles. The fourth-order valence-corrected chi connectivity index (χ4v) is 2.16. The van der Waals surface area contributed by atoms with Crippen molar-refractivity contribution in [1.29, 1.82) is 0 Å². The number of amides is 2. The standard InChI is InChI=1S/C11H15N5O2S/c1-6(4-9-7(2)16-18-8(9)3)14-10(17)15-11-12-5-13-19-11/h5-6H,4H2,1-3H3,(H2,12,13,14,15,17)/t6-/m0/s1. The Morgan fingerprint density at radius 1 is 1.53 bits per heavy atom. The molecule has 0 aliphatic rings. The molecule has 19 heavy (non-hydrogen) atoms. The van der Waals surface area contributed by atoms with E-state index in [4.69, 9.17) is 4.52 Å². The number of carbonyl (C=O) groups excluding carboxylic acids is 1. The van der Waals surface area contributed by atoms with E-state index < -0.39 is 0 Å². The van der Waals surface area contributed by atoms with E-state index in [0.29, 0.717) is 11.6 Å². The summed E-state index contributed by atoms with van der Waals surface area (Å²) in [7, 11) is 0. The second kappa shape index (κ2) is 5.79. The Morgan fingerprint density at radius 2 is 2.32 bits per heavy atom. The lowest BCUT2D eigenvalue weighted by Gasteiger charge is -2.13. The first-order chi connectivity index (χ1) is 9.06. The molecular formula is C11H15N5O2S. The Labute approximate surface area is 114 Å². The second-order valence-electron chi connectivity index (χ2n) is 4.25. The number of nitrogens with zero attached hydrogens (tertiary/aromatic N) is 3. The molecule has 102 valence electrons. The Morgan fingerprint density at radius 3 is 2.89 bits per heavy atom. The fourth-order valence-electron chi connectivity index (χ4n) is 1.74. The van der Waals surface area contributed by atoms with E-state index in [1.807, 2.05) is 20.8 Å². The van der Waals surface area contributed by atoms with E-state index in [2.05, 4.69) is 25.1 Å². The van der Waals surface area contributed by atoms with Gasteiger partial charge in [-0.25, -0.2) is 9.78 Å². The van der Waals surface area contributed by atoms with Crippen molar-refractivity contribution < 1.29 is 9.32 Å². The van der Waals surface area contributed by atoms with Gasteiger partial charge in [0.05, 0.1) is 5.69 Å². The lowest BCUT2D eigenvalue weighted by Crippen LogP contribution is -2.37. The topological polar surface area (TPSA) is 92.9 Å². The van der Waals surface area contributed by atoms with Crippen molar-refractivity contribution in [3.05, 3.63) is 23.3 Å². The van der Waals surface area contributed by atoms with Crippen molar-refractivity contribution in [1.82, 2.24) is 19.8 Å². The van der Waals surface area contributed by atoms with E-state index in [0.717, 1.165) is 28.6 Å². The minimum Gasteiger partial charge on any atom is -0.361 e. The van der Waals surface area contributed by atoms with Gasteiger partial charge in [-0.15, -0.1) is 0 Å². The summed E-state index contributed by atoms with van der Waals surface area (Å²) in [5.74, 6) is 0.788. The minimum atomic E-state index is -0.295. The maximum Gasteiger partial charge on any atom is 0.321 e. The zero-order chi connectivity index (χ0) is 13.8. The monoisotopic (exact) mass is 281 g/mol. The molecule has 2 heterocycles. The summed E-state index contributed by atoms with van der Waals surface area (Å²) < 4.78 is 8.90. The lowest BCUT2D eigenvalue weighted by atomic mass is 10.1. The van der Waals surface area contributed by atoms with Crippen molar-refractivity contribution in [3.63, 3.8) is 0 Å². The van der Waals surface area contributed by atoms with Crippen LogP contribution in [0.4, 0.5) is 9.93 Å². The Hall–Kier alpha value is -1.96. The third kappa shape index (κ3) is 3.50. The van der Waals surface area contributed by atoms with Gasteiger partial charge in [-0.1, -0.05) is 5.16 Å². The number of hydrogen-bond acceptors (Lipinski definition) is 6. The van der Waals surface area contributed by atoms with Crippen LogP contribution in [0, 0.1) is 13.8 Å². The normalized spacial score (nSPS) is 12.2. The second-order valence-corrected chi connectivity index (χ2v) is 5.03. The predicted octanol–water partition coefficient (Wildman–Crippen LogP) is 1.90. The maximum absolute atomic E-state index is 11.7. The van der Waals surface area contributed by atoms with Gasteiger partial charge in [0.2, 0.25) is 5.13 Å². The van der Waals surface area contributed by atoms with Gasteiger partial charge < -0.3 is 9.84 Å². The molecule has 2 rings (SSSR count). The van der Waals surface area contributed by atoms with Crippen molar-refractivity contribution in [2.24, 2.45) is 0 Å². The quantitative estimate of drug-likeness (QED) is 0.892. The maximum atomic E-state index is 11.7. The Kier molecular flexibility index (Phi) is 4.10. The third-order valence-corrected chi connectivity index (χ3v) is 3.23. The number of nitrogens with one attached hydrogen (secondary N) is 2. The van der Waals surface area contributed by atoms with Crippen LogP contribution in [0.2, 0.25) is 0 Å². The van der Waals surface area contributed by atoms with Crippen LogP contribution in [0.15, 0.2) is 10.9 Å². The number of carbonyl (C=O) groups is 1. The predicted molar refractivity (Wildman–Crippen MR) is 71.2 cm³/mol. The average molecular weight is 281 g/mol. The zero-order valence-electron chi connectivity index (χ0n) is 10.9. The van der Waals surface area contributed by atoms with Crippen molar-refractivity contribution in [2.45, 2.75) is 33.2 Å². The van der Waals surface area contributed by atoms with Gasteiger partial charge in [-0.3, -0.25) is 5.32 Å². The summed E-state index contributed by atoms with van der Waals surface area (Å²) >= 11 is 1.13. The van der Waals surface area contributed by atoms with E-state index in [1.165, 1.54) is 6.33 Å². The van der Waals surface area contributed by atoms with E-state index >= 15 is 0 Å². The minimum absolute atomic E-state index is 0.0373. The number of anilines is 1. The van der Waals surface area contributed by atoms with Gasteiger partial charge in [0, 0.05) is 23.1 Å². The first-order valence-electron chi connectivity index (χ1n) is 5.82. The van der Waals surface area contributed by atoms with Crippen LogP contribution in [0.3, 0.4) is 0 Å². The van der Waals surface area contributed by atoms with Gasteiger partial charge in [0.15, 0.2) is 0 Å². The number of urea groups is 1. The molecule has 1 atom stereocenters. The molecule has 0 aliphatic carbocycles. The Balaban J connectivity index is 1.87. The van der Waals surface area contributed by atoms with Gasteiger partial charge >= 0.3 is 6.03 Å². The summed E-state index contributed by atoms with van der Waals surface area (Å²) in [5.41, 5.74) is 1.89. The van der Waals surface area contributed by atoms with Crippen LogP contribution in [-0.2, 0) is 6.42 Å². The average Bonchev–Trinajstić information content (AvgIpc) is 2.94. The molecule has 0 spiro atoms. The highest BCUT2D eigenvalue weighted by molar-refractivity contribution is 7.09. The zero-order valence-corrected chi connectivity index (χ0v) is 11.7. The molecule has 0 radical (unpaired) electrons. The third-order valence-electron chi connectivity index (χ3n) is 2.65. The highest BCUT2D eigenvalue weighted by Gasteiger charge is 2.15. The molecule has 0 saturated carbocycles. The van der Waals surface area contributed by atoms with E-state index in [-0.39, 0.29) is 12.1 Å². The van der Waals surface area contributed by atoms with Crippen molar-refractivity contribution in [3.8, 4) is 0 Å². The smallest absolute Gasteiger partial charge is 0.321 e. The molecule has 2 aromatic rings. The summed E-state index contributed by atoms with van der Waals surface area (Å²) in [6.07, 6.45) is 2.07. The molecule has 0 saturated heterocycles. The fraction of sp³-hybridized carbons (Fsp3) is 0.455. The van der Waals surface area contributed by atoms with Gasteiger partial charge in [-0.2, -0.15) is 4.37 Å². The number of aromatic nitrogens is 3. The summed E-state index contributed by atoms with van der Waals surface area (Å²) in [6, 6.07) is -0.333. The van der Waals surface area contributed by atoms with Crippen LogP contribution in [0.25, 0.3) is 0 Å². The van der Waals surface area contributed by atoms with Crippen LogP contribution in [0.1, 0.15) is 23.9 Å². The van der Waals surface area contributed by atoms with Gasteiger partial charge in [-0.05, 0) is 27.2 Å². The van der Waals surface area contributed by atoms with Gasteiger partial charge in [0.25, 0.3) is 0 Å². The number of hydrogen-bond donors (Lipinski definition) is 2. The molecule has 2 amide bonds. The first kappa shape index (κ1) is 13.5. The Bertz CT molecular complexity index is 532. The van der Waals surface area contributed by atoms with Crippen LogP contribution >= 0.6 is 11.5 Å². The molecule has 0 unspecified atom stereocenters. The largest absolute Gasteiger partial charge is 0.361 e. The van der Waals surface area contributed by atoms with E-state index in [1.54, 1.807) is 0 Å². The van der Waals surface area contributed by atoms with Crippen molar-refractivity contribution >= 4 is 22.7 Å². The van der Waals surface area contributed by atoms with Crippen molar-refractivity contribution in [2.75, 3.05) is 5.32 Å². The summed E-state index contributed by atoms with van der Waals surface area (Å²) in [4.78, 5) is 15.6. The first-order valence-corrected chi connectivity index (χ1v) is 6.59. The molecule has 8 heteroatoms.